The number of carbonyl (C=O) groups is 1. The number of aromatic nitrogens is 1. The van der Waals surface area contributed by atoms with Gasteiger partial charge in [-0.05, 0) is 12.8 Å². The highest BCUT2D eigenvalue weighted by atomic mass is 79.9. The van der Waals surface area contributed by atoms with Crippen molar-refractivity contribution in [3.63, 3.8) is 0 Å². The third kappa shape index (κ3) is 1.68. The molecule has 0 bridgehead atoms. The van der Waals surface area contributed by atoms with E-state index in [1.165, 1.54) is 6.26 Å². The van der Waals surface area contributed by atoms with Crippen molar-refractivity contribution in [1.29, 1.82) is 0 Å². The number of hydrogen-bond donors (Lipinski definition) is 0. The van der Waals surface area contributed by atoms with Gasteiger partial charge in [-0.15, -0.1) is 0 Å². The summed E-state index contributed by atoms with van der Waals surface area (Å²) in [7, 11) is 0. The molecule has 2 heterocycles. The second-order valence-electron chi connectivity index (χ2n) is 3.33. The average molecular weight is 259 g/mol. The smallest absolute Gasteiger partial charge is 0.276 e. The van der Waals surface area contributed by atoms with Gasteiger partial charge in [0.25, 0.3) is 5.91 Å². The van der Waals surface area contributed by atoms with Gasteiger partial charge in [0.2, 0.25) is 0 Å². The Morgan fingerprint density at radius 1 is 1.79 bits per heavy atom. The molecular formula is C9H11BrN2O2. The number of likely N-dealkylation sites (tertiary alicyclic amines) is 1. The molecule has 0 radical (unpaired) electrons. The molecular weight excluding hydrogens is 248 g/mol. The SMILES string of the molecule is O=C(c1ccon1)N1CCCC1CBr. The molecule has 1 aliphatic rings. The van der Waals surface area contributed by atoms with Crippen molar-refractivity contribution >= 4 is 21.8 Å². The molecule has 2 rings (SSSR count). The first-order chi connectivity index (χ1) is 6.83. The van der Waals surface area contributed by atoms with E-state index in [0.717, 1.165) is 24.7 Å². The van der Waals surface area contributed by atoms with Gasteiger partial charge in [0.15, 0.2) is 5.69 Å². The summed E-state index contributed by atoms with van der Waals surface area (Å²) in [5, 5.41) is 4.48. The van der Waals surface area contributed by atoms with Crippen LogP contribution in [0.5, 0.6) is 0 Å². The highest BCUT2D eigenvalue weighted by Crippen LogP contribution is 2.20. The third-order valence-corrected chi connectivity index (χ3v) is 3.22. The maximum absolute atomic E-state index is 11.9. The number of halogens is 1. The van der Waals surface area contributed by atoms with E-state index in [4.69, 9.17) is 0 Å². The van der Waals surface area contributed by atoms with Gasteiger partial charge in [0, 0.05) is 24.0 Å². The highest BCUT2D eigenvalue weighted by molar-refractivity contribution is 9.09. The van der Waals surface area contributed by atoms with Crippen LogP contribution in [-0.4, -0.2) is 33.9 Å². The summed E-state index contributed by atoms with van der Waals surface area (Å²) in [6.07, 6.45) is 3.56. The molecule has 0 aromatic carbocycles. The van der Waals surface area contributed by atoms with E-state index < -0.39 is 0 Å². The maximum atomic E-state index is 11.9. The summed E-state index contributed by atoms with van der Waals surface area (Å²) in [6.45, 7) is 0.821. The Balaban J connectivity index is 2.11. The second kappa shape index (κ2) is 4.13. The van der Waals surface area contributed by atoms with Crippen molar-refractivity contribution < 1.29 is 9.32 Å². The first-order valence-electron chi connectivity index (χ1n) is 4.60. The predicted octanol–water partition coefficient (Wildman–Crippen LogP) is 1.67. The summed E-state index contributed by atoms with van der Waals surface area (Å²) >= 11 is 3.41. The first-order valence-corrected chi connectivity index (χ1v) is 5.72. The van der Waals surface area contributed by atoms with Gasteiger partial charge in [-0.1, -0.05) is 21.1 Å². The minimum atomic E-state index is -0.0271. The van der Waals surface area contributed by atoms with Gasteiger partial charge in [-0.2, -0.15) is 0 Å². The summed E-state index contributed by atoms with van der Waals surface area (Å²) in [6, 6.07) is 1.91. The van der Waals surface area contributed by atoms with E-state index in [9.17, 15) is 4.79 Å². The Labute approximate surface area is 90.4 Å². The molecule has 14 heavy (non-hydrogen) atoms. The molecule has 0 aliphatic carbocycles. The van der Waals surface area contributed by atoms with E-state index >= 15 is 0 Å². The molecule has 0 N–H and O–H groups in total. The van der Waals surface area contributed by atoms with Crippen LogP contribution in [0.15, 0.2) is 16.9 Å². The second-order valence-corrected chi connectivity index (χ2v) is 3.98. The summed E-state index contributed by atoms with van der Waals surface area (Å²) in [5.41, 5.74) is 0.401. The summed E-state index contributed by atoms with van der Waals surface area (Å²) in [5.74, 6) is -0.0271. The first kappa shape index (κ1) is 9.71. The van der Waals surface area contributed by atoms with Crippen molar-refractivity contribution in [2.75, 3.05) is 11.9 Å². The fourth-order valence-corrected chi connectivity index (χ4v) is 2.41. The number of carbonyl (C=O) groups excluding carboxylic acids is 1. The van der Waals surface area contributed by atoms with Crippen LogP contribution >= 0.6 is 15.9 Å². The summed E-state index contributed by atoms with van der Waals surface area (Å²) < 4.78 is 4.65. The molecule has 0 saturated carbocycles. The summed E-state index contributed by atoms with van der Waals surface area (Å²) in [4.78, 5) is 13.7. The van der Waals surface area contributed by atoms with Gasteiger partial charge < -0.3 is 9.42 Å². The molecule has 1 aliphatic heterocycles. The predicted molar refractivity (Wildman–Crippen MR) is 54.4 cm³/mol. The fraction of sp³-hybridized carbons (Fsp3) is 0.556. The van der Waals surface area contributed by atoms with Crippen LogP contribution in [-0.2, 0) is 0 Å². The lowest BCUT2D eigenvalue weighted by molar-refractivity contribution is 0.0740. The zero-order valence-electron chi connectivity index (χ0n) is 7.65. The van der Waals surface area contributed by atoms with Gasteiger partial charge in [-0.3, -0.25) is 4.79 Å². The van der Waals surface area contributed by atoms with Crippen molar-refractivity contribution in [3.05, 3.63) is 18.0 Å². The van der Waals surface area contributed by atoms with Gasteiger partial charge in [0.1, 0.15) is 6.26 Å². The van der Waals surface area contributed by atoms with Crippen LogP contribution in [0.4, 0.5) is 0 Å². The van der Waals surface area contributed by atoms with Crippen molar-refractivity contribution in [2.24, 2.45) is 0 Å². The lowest BCUT2D eigenvalue weighted by Gasteiger charge is -2.21. The molecule has 1 aromatic rings. The van der Waals surface area contributed by atoms with Crippen LogP contribution in [0.2, 0.25) is 0 Å². The third-order valence-electron chi connectivity index (χ3n) is 2.47. The topological polar surface area (TPSA) is 46.3 Å². The van der Waals surface area contributed by atoms with Gasteiger partial charge >= 0.3 is 0 Å². The molecule has 76 valence electrons. The number of alkyl halides is 1. The molecule has 0 spiro atoms. The Kier molecular flexibility index (Phi) is 2.86. The minimum absolute atomic E-state index is 0.0271. The maximum Gasteiger partial charge on any atom is 0.276 e. The van der Waals surface area contributed by atoms with Gasteiger partial charge in [-0.25, -0.2) is 0 Å². The average Bonchev–Trinajstić information content (AvgIpc) is 2.87. The van der Waals surface area contributed by atoms with Gasteiger partial charge in [0.05, 0.1) is 0 Å². The van der Waals surface area contributed by atoms with Crippen LogP contribution in [0.3, 0.4) is 0 Å². The lowest BCUT2D eigenvalue weighted by atomic mass is 10.2. The molecule has 1 saturated heterocycles. The Bertz CT molecular complexity index is 313. The zero-order valence-corrected chi connectivity index (χ0v) is 9.24. The van der Waals surface area contributed by atoms with Crippen LogP contribution in [0, 0.1) is 0 Å². The molecule has 1 unspecified atom stereocenters. The Morgan fingerprint density at radius 2 is 2.64 bits per heavy atom. The highest BCUT2D eigenvalue weighted by Gasteiger charge is 2.29. The Morgan fingerprint density at radius 3 is 3.29 bits per heavy atom. The number of rotatable bonds is 2. The van der Waals surface area contributed by atoms with Crippen molar-refractivity contribution in [1.82, 2.24) is 10.1 Å². The van der Waals surface area contributed by atoms with E-state index in [-0.39, 0.29) is 5.91 Å². The molecule has 1 atom stereocenters. The van der Waals surface area contributed by atoms with E-state index in [1.54, 1.807) is 6.07 Å². The molecule has 5 heteroatoms. The monoisotopic (exact) mass is 258 g/mol. The number of amides is 1. The zero-order chi connectivity index (χ0) is 9.97. The standard InChI is InChI=1S/C9H11BrN2O2/c10-6-7-2-1-4-12(7)9(13)8-3-5-14-11-8/h3,5,7H,1-2,4,6H2. The minimum Gasteiger partial charge on any atom is -0.364 e. The molecule has 1 aromatic heterocycles. The Hall–Kier alpha value is -0.840. The van der Waals surface area contributed by atoms with Crippen LogP contribution < -0.4 is 0 Å². The van der Waals surface area contributed by atoms with Crippen LogP contribution in [0.25, 0.3) is 0 Å². The molecule has 1 amide bonds. The van der Waals surface area contributed by atoms with Crippen LogP contribution in [0.1, 0.15) is 23.3 Å². The van der Waals surface area contributed by atoms with Crippen molar-refractivity contribution in [3.8, 4) is 0 Å². The molecule has 1 fully saturated rings. The normalized spacial score (nSPS) is 21.5. The molecule has 4 nitrogen and oxygen atoms in total. The fourth-order valence-electron chi connectivity index (χ4n) is 1.73. The number of hydrogen-bond acceptors (Lipinski definition) is 3. The van der Waals surface area contributed by atoms with E-state index in [0.29, 0.717) is 11.7 Å². The van der Waals surface area contributed by atoms with E-state index in [1.807, 2.05) is 4.90 Å². The number of nitrogens with zero attached hydrogens (tertiary/aromatic N) is 2. The lowest BCUT2D eigenvalue weighted by Crippen LogP contribution is -2.36. The quantitative estimate of drug-likeness (QED) is 0.759. The largest absolute Gasteiger partial charge is 0.364 e. The van der Waals surface area contributed by atoms with Crippen molar-refractivity contribution in [2.45, 2.75) is 18.9 Å². The van der Waals surface area contributed by atoms with E-state index in [2.05, 4.69) is 25.6 Å².